The van der Waals surface area contributed by atoms with Gasteiger partial charge in [0.25, 0.3) is 5.91 Å². The minimum atomic E-state index is 0.0177. The molecule has 0 unspecified atom stereocenters. The topological polar surface area (TPSA) is 54.5 Å². The van der Waals surface area contributed by atoms with E-state index in [2.05, 4.69) is 71.0 Å². The number of hydrogen-bond acceptors (Lipinski definition) is 4. The van der Waals surface area contributed by atoms with E-state index in [-0.39, 0.29) is 11.3 Å². The minimum Gasteiger partial charge on any atom is -0.459 e. The Bertz CT molecular complexity index is 1420. The smallest absolute Gasteiger partial charge is 0.289 e. The van der Waals surface area contributed by atoms with E-state index in [1.165, 1.54) is 36.8 Å². The quantitative estimate of drug-likeness (QED) is 0.295. The minimum absolute atomic E-state index is 0.0177. The molecule has 1 amide bonds. The molecule has 3 aliphatic rings. The molecule has 0 aliphatic carbocycles. The molecule has 2 bridgehead atoms. The number of fused-ring (bicyclic) bond motifs is 3. The fourth-order valence-corrected chi connectivity index (χ4v) is 7.96. The summed E-state index contributed by atoms with van der Waals surface area (Å²) >= 11 is 0. The molecule has 0 radical (unpaired) electrons. The zero-order chi connectivity index (χ0) is 26.4. The van der Waals surface area contributed by atoms with Crippen LogP contribution in [0.4, 0.5) is 0 Å². The molecule has 6 heteroatoms. The van der Waals surface area contributed by atoms with E-state index in [0.29, 0.717) is 23.9 Å². The third kappa shape index (κ3) is 4.39. The van der Waals surface area contributed by atoms with Crippen LogP contribution in [0.5, 0.6) is 0 Å². The van der Waals surface area contributed by atoms with Crippen molar-refractivity contribution in [2.45, 2.75) is 75.4 Å². The van der Waals surface area contributed by atoms with Gasteiger partial charge in [-0.1, -0.05) is 42.5 Å². The Hall–Kier alpha value is -3.38. The number of para-hydroxylation sites is 2. The average molecular weight is 523 g/mol. The SMILES string of the molecule is Cc1nc2ccccc2n1[C@H]1C[C@H]2CC[C@@H](C1)N2CCC1(c2ccccc2)CCN(C(=O)c2ccco2)CC1. The van der Waals surface area contributed by atoms with Gasteiger partial charge < -0.3 is 13.9 Å². The second kappa shape index (κ2) is 9.98. The molecule has 6 nitrogen and oxygen atoms in total. The van der Waals surface area contributed by atoms with Gasteiger partial charge in [-0.05, 0) is 93.7 Å². The van der Waals surface area contributed by atoms with Gasteiger partial charge in [0.2, 0.25) is 0 Å². The zero-order valence-electron chi connectivity index (χ0n) is 22.8. The maximum Gasteiger partial charge on any atom is 0.289 e. The second-order valence-electron chi connectivity index (χ2n) is 11.9. The van der Waals surface area contributed by atoms with Crippen LogP contribution in [0.25, 0.3) is 11.0 Å². The van der Waals surface area contributed by atoms with Gasteiger partial charge in [-0.25, -0.2) is 4.98 Å². The van der Waals surface area contributed by atoms with Crippen molar-refractivity contribution in [3.8, 4) is 0 Å². The Balaban J connectivity index is 1.07. The van der Waals surface area contributed by atoms with Crippen LogP contribution >= 0.6 is 0 Å². The summed E-state index contributed by atoms with van der Waals surface area (Å²) < 4.78 is 7.93. The molecule has 3 atom stereocenters. The summed E-state index contributed by atoms with van der Waals surface area (Å²) in [4.78, 5) is 22.6. The predicted molar refractivity (Wildman–Crippen MR) is 153 cm³/mol. The lowest BCUT2D eigenvalue weighted by Gasteiger charge is -2.45. The molecular formula is C33H38N4O2. The van der Waals surface area contributed by atoms with Crippen molar-refractivity contribution in [3.63, 3.8) is 0 Å². The van der Waals surface area contributed by atoms with E-state index in [1.54, 1.807) is 18.4 Å². The molecule has 5 heterocycles. The van der Waals surface area contributed by atoms with Gasteiger partial charge in [0.1, 0.15) is 5.82 Å². The van der Waals surface area contributed by atoms with Crippen LogP contribution in [0.1, 0.15) is 72.9 Å². The number of furan rings is 1. The van der Waals surface area contributed by atoms with Crippen molar-refractivity contribution in [2.75, 3.05) is 19.6 Å². The monoisotopic (exact) mass is 522 g/mol. The molecule has 3 aliphatic heterocycles. The lowest BCUT2D eigenvalue weighted by molar-refractivity contribution is 0.0580. The Morgan fingerprint density at radius 3 is 2.36 bits per heavy atom. The number of imidazole rings is 1. The van der Waals surface area contributed by atoms with Gasteiger partial charge in [0.05, 0.1) is 17.3 Å². The normalized spacial score (nSPS) is 24.8. The summed E-state index contributed by atoms with van der Waals surface area (Å²) in [6.45, 7) is 4.85. The van der Waals surface area contributed by atoms with E-state index in [9.17, 15) is 4.79 Å². The number of piperidine rings is 2. The highest BCUT2D eigenvalue weighted by Crippen LogP contribution is 2.45. The molecule has 2 aromatic heterocycles. The third-order valence-electron chi connectivity index (χ3n) is 9.97. The molecule has 0 saturated carbocycles. The average Bonchev–Trinajstić information content (AvgIpc) is 3.68. The third-order valence-corrected chi connectivity index (χ3v) is 9.97. The first-order valence-corrected chi connectivity index (χ1v) is 14.7. The van der Waals surface area contributed by atoms with Crippen molar-refractivity contribution in [2.24, 2.45) is 0 Å². The largest absolute Gasteiger partial charge is 0.459 e. The van der Waals surface area contributed by atoms with Gasteiger partial charge in [-0.2, -0.15) is 0 Å². The van der Waals surface area contributed by atoms with Gasteiger partial charge in [0, 0.05) is 31.2 Å². The van der Waals surface area contributed by atoms with Crippen LogP contribution in [0.3, 0.4) is 0 Å². The molecule has 0 spiro atoms. The van der Waals surface area contributed by atoms with Crippen molar-refractivity contribution >= 4 is 16.9 Å². The second-order valence-corrected chi connectivity index (χ2v) is 11.9. The fourth-order valence-electron chi connectivity index (χ4n) is 7.96. The number of nitrogens with zero attached hydrogens (tertiary/aromatic N) is 4. The number of benzene rings is 2. The number of hydrogen-bond donors (Lipinski definition) is 0. The Labute approximate surface area is 230 Å². The zero-order valence-corrected chi connectivity index (χ0v) is 22.8. The highest BCUT2D eigenvalue weighted by Gasteiger charge is 2.44. The molecule has 202 valence electrons. The summed E-state index contributed by atoms with van der Waals surface area (Å²) in [7, 11) is 0. The van der Waals surface area contributed by atoms with Crippen molar-refractivity contribution < 1.29 is 9.21 Å². The van der Waals surface area contributed by atoms with Gasteiger partial charge >= 0.3 is 0 Å². The Morgan fingerprint density at radius 2 is 1.64 bits per heavy atom. The lowest BCUT2D eigenvalue weighted by Crippen LogP contribution is -2.49. The number of carbonyl (C=O) groups excluding carboxylic acids is 1. The first kappa shape index (κ1) is 24.6. The van der Waals surface area contributed by atoms with Crippen molar-refractivity contribution in [3.05, 3.63) is 90.1 Å². The summed E-state index contributed by atoms with van der Waals surface area (Å²) in [5.74, 6) is 1.61. The Kier molecular flexibility index (Phi) is 6.31. The number of amides is 1. The highest BCUT2D eigenvalue weighted by atomic mass is 16.3. The molecule has 3 fully saturated rings. The van der Waals surface area contributed by atoms with E-state index in [0.717, 1.165) is 50.2 Å². The summed E-state index contributed by atoms with van der Waals surface area (Å²) in [6.07, 6.45) is 9.74. The number of aryl methyl sites for hydroxylation is 1. The summed E-state index contributed by atoms with van der Waals surface area (Å²) in [5, 5.41) is 0. The first-order chi connectivity index (χ1) is 19.1. The molecule has 2 aromatic carbocycles. The van der Waals surface area contributed by atoms with E-state index >= 15 is 0 Å². The van der Waals surface area contributed by atoms with E-state index in [1.807, 2.05) is 4.90 Å². The number of carbonyl (C=O) groups is 1. The molecule has 39 heavy (non-hydrogen) atoms. The van der Waals surface area contributed by atoms with Gasteiger partial charge in [-0.3, -0.25) is 9.69 Å². The van der Waals surface area contributed by atoms with Crippen LogP contribution in [0, 0.1) is 6.92 Å². The maximum atomic E-state index is 13.0. The number of aromatic nitrogens is 2. The van der Waals surface area contributed by atoms with Gasteiger partial charge in [-0.15, -0.1) is 0 Å². The van der Waals surface area contributed by atoms with Gasteiger partial charge in [0.15, 0.2) is 5.76 Å². The van der Waals surface area contributed by atoms with Crippen LogP contribution < -0.4 is 0 Å². The highest BCUT2D eigenvalue weighted by molar-refractivity contribution is 5.91. The number of likely N-dealkylation sites (tertiary alicyclic amines) is 1. The standard InChI is InChI=1S/C33H38N4O2/c1-24-34-29-10-5-6-11-30(29)37(24)28-22-26-13-14-27(23-28)36(26)20-17-33(25-8-3-2-4-9-25)15-18-35(19-16-33)32(38)31-12-7-21-39-31/h2-12,21,26-28H,13-20,22-23H2,1H3/t26-,27+,28+. The van der Waals surface area contributed by atoms with Crippen LogP contribution in [0.2, 0.25) is 0 Å². The van der Waals surface area contributed by atoms with Crippen LogP contribution in [0.15, 0.2) is 77.4 Å². The van der Waals surface area contributed by atoms with E-state index < -0.39 is 0 Å². The molecule has 4 aromatic rings. The molecule has 0 N–H and O–H groups in total. The number of rotatable bonds is 6. The molecular weight excluding hydrogens is 484 g/mol. The predicted octanol–water partition coefficient (Wildman–Crippen LogP) is 6.37. The van der Waals surface area contributed by atoms with Crippen LogP contribution in [-0.4, -0.2) is 57.0 Å². The van der Waals surface area contributed by atoms with Crippen molar-refractivity contribution in [1.82, 2.24) is 19.4 Å². The maximum absolute atomic E-state index is 13.0. The van der Waals surface area contributed by atoms with Crippen LogP contribution in [-0.2, 0) is 5.41 Å². The van der Waals surface area contributed by atoms with Crippen molar-refractivity contribution in [1.29, 1.82) is 0 Å². The Morgan fingerprint density at radius 1 is 0.923 bits per heavy atom. The first-order valence-electron chi connectivity index (χ1n) is 14.7. The van der Waals surface area contributed by atoms with E-state index in [4.69, 9.17) is 9.40 Å². The molecule has 3 saturated heterocycles. The lowest BCUT2D eigenvalue weighted by atomic mass is 9.70. The summed E-state index contributed by atoms with van der Waals surface area (Å²) in [6, 6.07) is 25.0. The fraction of sp³-hybridized carbons (Fsp3) is 0.455. The molecule has 7 rings (SSSR count). The summed E-state index contributed by atoms with van der Waals surface area (Å²) in [5.41, 5.74) is 3.94.